The van der Waals surface area contributed by atoms with Crippen molar-refractivity contribution in [3.8, 4) is 0 Å². The fraction of sp³-hybridized carbons (Fsp3) is 0.455. The fourth-order valence-corrected chi connectivity index (χ4v) is 0.934. The maximum Gasteiger partial charge on any atom is -0.00998 e. The van der Waals surface area contributed by atoms with Gasteiger partial charge in [-0.2, -0.15) is 0 Å². The number of hydrogen-bond donors (Lipinski definition) is 0. The monoisotopic (exact) mass is 146 g/mol. The smallest absolute Gasteiger partial charge is 0.00998 e. The van der Waals surface area contributed by atoms with Crippen LogP contribution in [-0.2, 0) is 5.41 Å². The summed E-state index contributed by atoms with van der Waals surface area (Å²) in [7, 11) is 0. The first-order valence-electron chi connectivity index (χ1n) is 4.05. The van der Waals surface area contributed by atoms with Gasteiger partial charge < -0.3 is 0 Å². The van der Waals surface area contributed by atoms with Crippen LogP contribution in [0.25, 0.3) is 0 Å². The Morgan fingerprint density at radius 2 is 2.09 bits per heavy atom. The maximum absolute atomic E-state index is 3.23. The van der Waals surface area contributed by atoms with Gasteiger partial charge in [0.25, 0.3) is 0 Å². The lowest BCUT2D eigenvalue weighted by Gasteiger charge is -2.22. The molecule has 0 N–H and O–H groups in total. The molecule has 0 spiro atoms. The van der Waals surface area contributed by atoms with Crippen molar-refractivity contribution in [3.63, 3.8) is 0 Å². The van der Waals surface area contributed by atoms with E-state index in [2.05, 4.69) is 32.9 Å². The van der Waals surface area contributed by atoms with Crippen molar-refractivity contribution < 1.29 is 0 Å². The lowest BCUT2D eigenvalue weighted by Crippen LogP contribution is -2.15. The highest BCUT2D eigenvalue weighted by Gasteiger charge is 2.16. The van der Waals surface area contributed by atoms with Crippen LogP contribution in [-0.4, -0.2) is 0 Å². The first-order chi connectivity index (χ1) is 5.17. The lowest BCUT2D eigenvalue weighted by molar-refractivity contribution is 0.505. The van der Waals surface area contributed by atoms with Crippen molar-refractivity contribution >= 4 is 0 Å². The summed E-state index contributed by atoms with van der Waals surface area (Å²) >= 11 is 0. The third-order valence-corrected chi connectivity index (χ3v) is 2.26. The number of rotatable bonds is 2. The zero-order valence-corrected chi connectivity index (χ0v) is 7.44. The minimum absolute atomic E-state index is 0.248. The molecule has 0 heteroatoms. The molecule has 0 fully saturated rings. The van der Waals surface area contributed by atoms with Gasteiger partial charge in [-0.1, -0.05) is 32.9 Å². The molecule has 1 rings (SSSR count). The first kappa shape index (κ1) is 8.32. The Morgan fingerprint density at radius 3 is 2.55 bits per heavy atom. The van der Waals surface area contributed by atoms with E-state index in [0.29, 0.717) is 0 Å². The van der Waals surface area contributed by atoms with E-state index in [4.69, 9.17) is 0 Å². The van der Waals surface area contributed by atoms with Crippen LogP contribution in [0.15, 0.2) is 18.2 Å². The Labute approximate surface area is 69.3 Å². The minimum Gasteiger partial charge on any atom is -0.0646 e. The van der Waals surface area contributed by atoms with Crippen LogP contribution in [0.3, 0.4) is 0 Å². The molecule has 0 unspecified atom stereocenters. The van der Waals surface area contributed by atoms with Crippen molar-refractivity contribution in [2.45, 2.75) is 32.6 Å². The Hall–Kier alpha value is -0.780. The average Bonchev–Trinajstić information content (AvgIpc) is 2.06. The van der Waals surface area contributed by atoms with Crippen LogP contribution in [0.2, 0.25) is 0 Å². The van der Waals surface area contributed by atoms with Crippen molar-refractivity contribution in [1.82, 2.24) is 0 Å². The Kier molecular flexibility index (Phi) is 2.33. The molecule has 0 saturated heterocycles. The largest absolute Gasteiger partial charge is 0.0646 e. The van der Waals surface area contributed by atoms with Crippen molar-refractivity contribution in [3.05, 3.63) is 35.9 Å². The van der Waals surface area contributed by atoms with E-state index >= 15 is 0 Å². The first-order valence-corrected chi connectivity index (χ1v) is 4.05. The van der Waals surface area contributed by atoms with Crippen LogP contribution in [0.5, 0.6) is 0 Å². The van der Waals surface area contributed by atoms with E-state index in [-0.39, 0.29) is 5.41 Å². The molecule has 2 radical (unpaired) electrons. The Morgan fingerprint density at radius 1 is 1.36 bits per heavy atom. The maximum atomic E-state index is 3.23. The van der Waals surface area contributed by atoms with Crippen LogP contribution in [0.4, 0.5) is 0 Å². The zero-order chi connectivity index (χ0) is 8.32. The highest BCUT2D eigenvalue weighted by atomic mass is 14.2. The Balaban J connectivity index is 2.93. The molecule has 0 nitrogen and oxygen atoms in total. The lowest BCUT2D eigenvalue weighted by atomic mass is 9.82. The third-order valence-electron chi connectivity index (χ3n) is 2.26. The third kappa shape index (κ3) is 1.83. The molecule has 0 aliphatic carbocycles. The standard InChI is InChI=1S/C11H14/c1-4-11(2,3)10-8-6-5-7-9-10/h5-6,9H,4H2,1-3H3. The summed E-state index contributed by atoms with van der Waals surface area (Å²) in [4.78, 5) is 0. The molecule has 11 heavy (non-hydrogen) atoms. The second-order valence-corrected chi connectivity index (χ2v) is 3.44. The topological polar surface area (TPSA) is 0 Å². The molecule has 0 saturated carbocycles. The van der Waals surface area contributed by atoms with E-state index in [0.717, 1.165) is 6.42 Å². The molecular weight excluding hydrogens is 132 g/mol. The van der Waals surface area contributed by atoms with E-state index in [9.17, 15) is 0 Å². The number of benzene rings is 1. The average molecular weight is 146 g/mol. The second-order valence-electron chi connectivity index (χ2n) is 3.44. The fourth-order valence-electron chi connectivity index (χ4n) is 0.934. The predicted molar refractivity (Wildman–Crippen MR) is 47.4 cm³/mol. The summed E-state index contributed by atoms with van der Waals surface area (Å²) in [6.07, 6.45) is 1.14. The molecule has 1 aromatic carbocycles. The van der Waals surface area contributed by atoms with Crippen molar-refractivity contribution in [2.75, 3.05) is 0 Å². The SMILES string of the molecule is CCC(C)(C)c1[c]cc[c]c1. The minimum atomic E-state index is 0.248. The van der Waals surface area contributed by atoms with Crippen LogP contribution >= 0.6 is 0 Å². The summed E-state index contributed by atoms with van der Waals surface area (Å²) < 4.78 is 0. The van der Waals surface area contributed by atoms with E-state index in [1.807, 2.05) is 18.2 Å². The molecule has 58 valence electrons. The highest BCUT2D eigenvalue weighted by molar-refractivity contribution is 5.20. The van der Waals surface area contributed by atoms with Gasteiger partial charge in [-0.25, -0.2) is 0 Å². The molecule has 0 aliphatic heterocycles. The van der Waals surface area contributed by atoms with Crippen molar-refractivity contribution in [1.29, 1.82) is 0 Å². The van der Waals surface area contributed by atoms with Crippen LogP contribution in [0.1, 0.15) is 32.8 Å². The van der Waals surface area contributed by atoms with Gasteiger partial charge in [0.15, 0.2) is 0 Å². The van der Waals surface area contributed by atoms with Gasteiger partial charge in [-0.15, -0.1) is 0 Å². The summed E-state index contributed by atoms with van der Waals surface area (Å²) in [5, 5.41) is 0. The summed E-state index contributed by atoms with van der Waals surface area (Å²) in [5.41, 5.74) is 1.50. The van der Waals surface area contributed by atoms with Crippen molar-refractivity contribution in [2.24, 2.45) is 0 Å². The van der Waals surface area contributed by atoms with Gasteiger partial charge in [0, 0.05) is 0 Å². The molecule has 1 aromatic rings. The summed E-state index contributed by atoms with van der Waals surface area (Å²) in [6, 6.07) is 12.1. The molecule has 0 amide bonds. The molecule has 0 atom stereocenters. The second kappa shape index (κ2) is 3.08. The van der Waals surface area contributed by atoms with Gasteiger partial charge in [0.2, 0.25) is 0 Å². The van der Waals surface area contributed by atoms with E-state index in [1.54, 1.807) is 0 Å². The zero-order valence-electron chi connectivity index (χ0n) is 7.44. The van der Waals surface area contributed by atoms with Gasteiger partial charge >= 0.3 is 0 Å². The molecule has 0 bridgehead atoms. The molecular formula is C11H14. The molecule has 0 aliphatic rings. The highest BCUT2D eigenvalue weighted by Crippen LogP contribution is 2.25. The number of hydrogen-bond acceptors (Lipinski definition) is 0. The van der Waals surface area contributed by atoms with Gasteiger partial charge in [0.05, 0.1) is 0 Å². The van der Waals surface area contributed by atoms with E-state index in [1.165, 1.54) is 5.56 Å². The molecule has 0 heterocycles. The normalized spacial score (nSPS) is 11.5. The summed E-state index contributed by atoms with van der Waals surface area (Å²) in [6.45, 7) is 6.65. The Bertz CT molecular complexity index is 209. The van der Waals surface area contributed by atoms with Gasteiger partial charge in [-0.3, -0.25) is 0 Å². The van der Waals surface area contributed by atoms with Gasteiger partial charge in [0.1, 0.15) is 0 Å². The predicted octanol–water partition coefficient (Wildman–Crippen LogP) is 2.97. The summed E-state index contributed by atoms with van der Waals surface area (Å²) in [5.74, 6) is 0. The molecule has 0 aromatic heterocycles. The van der Waals surface area contributed by atoms with E-state index < -0.39 is 0 Å². The van der Waals surface area contributed by atoms with Crippen LogP contribution < -0.4 is 0 Å². The van der Waals surface area contributed by atoms with Gasteiger partial charge in [-0.05, 0) is 35.6 Å². The van der Waals surface area contributed by atoms with Crippen LogP contribution in [0, 0.1) is 12.1 Å². The quantitative estimate of drug-likeness (QED) is 0.601.